The minimum atomic E-state index is 0.205. The van der Waals surface area contributed by atoms with Gasteiger partial charge in [-0.25, -0.2) is 0 Å². The highest BCUT2D eigenvalue weighted by Gasteiger charge is 1.84. The molecule has 0 radical (unpaired) electrons. The molecule has 0 aliphatic heterocycles. The van der Waals surface area contributed by atoms with Crippen molar-refractivity contribution in [3.8, 4) is 0 Å². The second-order valence-electron chi connectivity index (χ2n) is 1.60. The van der Waals surface area contributed by atoms with Gasteiger partial charge in [-0.15, -0.1) is 0 Å². The lowest BCUT2D eigenvalue weighted by atomic mass is 10.2. The first-order valence-corrected chi connectivity index (χ1v) is 5.90. The van der Waals surface area contributed by atoms with E-state index < -0.39 is 0 Å². The number of alkyl halides is 2. The molecule has 50 valence electrons. The maximum absolute atomic E-state index is 7.47. The summed E-state index contributed by atoms with van der Waals surface area (Å²) in [7, 11) is 0. The Bertz CT molecular complexity index is 59.0. The van der Waals surface area contributed by atoms with Crippen LogP contribution in [0.5, 0.6) is 0 Å². The Kier molecular flexibility index (Phi) is 8.00. The third kappa shape index (κ3) is 7.46. The lowest BCUT2D eigenvalue weighted by Crippen LogP contribution is -1.78. The molecule has 1 atom stereocenters. The number of hydrogen-bond acceptors (Lipinski definition) is 0. The molecule has 0 amide bonds. The maximum atomic E-state index is 7.47. The fraction of sp³-hybridized carbons (Fsp3) is 1.00. The highest BCUT2D eigenvalue weighted by atomic mass is 127. The largest absolute Gasteiger partial charge is 0.0864 e. The lowest BCUT2D eigenvalue weighted by Gasteiger charge is -1.92. The Balaban J connectivity index is 2.95. The Morgan fingerprint density at radius 3 is 2.12 bits per heavy atom. The van der Waals surface area contributed by atoms with Gasteiger partial charge < -0.3 is 0 Å². The Morgan fingerprint density at radius 2 is 1.62 bits per heavy atom. The van der Waals surface area contributed by atoms with E-state index in [0.717, 1.165) is 17.3 Å². The van der Waals surface area contributed by atoms with Gasteiger partial charge in [0.1, 0.15) is 0 Å². The highest BCUT2D eigenvalue weighted by Crippen LogP contribution is 2.03. The van der Waals surface area contributed by atoms with Gasteiger partial charge in [-0.05, 0) is 21.7 Å². The summed E-state index contributed by atoms with van der Waals surface area (Å²) in [5, 5.41) is 0. The second kappa shape index (κ2) is 8.46. The van der Waals surface area contributed by atoms with Crippen LogP contribution >= 0.6 is 45.2 Å². The molecular formula is C6H12I2. The summed E-state index contributed by atoms with van der Waals surface area (Å²) in [6.45, 7) is 0. The van der Waals surface area contributed by atoms with Crippen LogP contribution in [0, 0.1) is 0 Å². The van der Waals surface area contributed by atoms with E-state index in [-0.39, 0.29) is 6.40 Å². The Hall–Kier alpha value is 1.46. The lowest BCUT2D eigenvalue weighted by molar-refractivity contribution is 0.719. The summed E-state index contributed by atoms with van der Waals surface area (Å²) < 4.78 is 9.80. The van der Waals surface area contributed by atoms with Crippen LogP contribution in [0.3, 0.4) is 0 Å². The summed E-state index contributed by atoms with van der Waals surface area (Å²) in [5.74, 6) is 0. The van der Waals surface area contributed by atoms with E-state index in [1.54, 1.807) is 0 Å². The molecule has 0 bridgehead atoms. The molecule has 8 heavy (non-hydrogen) atoms. The molecule has 0 saturated heterocycles. The zero-order valence-corrected chi connectivity index (χ0v) is 9.18. The van der Waals surface area contributed by atoms with Gasteiger partial charge >= 0.3 is 0 Å². The summed E-state index contributed by atoms with van der Waals surface area (Å²) in [4.78, 5) is 0. The molecule has 0 N–H and O–H groups in total. The van der Waals surface area contributed by atoms with Crippen LogP contribution in [0.15, 0.2) is 0 Å². The topological polar surface area (TPSA) is 0 Å². The third-order valence-electron chi connectivity index (χ3n) is 0.855. The molecule has 2 heteroatoms. The molecule has 0 spiro atoms. The van der Waals surface area contributed by atoms with E-state index in [9.17, 15) is 0 Å². The fourth-order valence-corrected chi connectivity index (χ4v) is 1.32. The van der Waals surface area contributed by atoms with Crippen LogP contribution in [0.2, 0.25) is 0 Å². The van der Waals surface area contributed by atoms with Crippen molar-refractivity contribution < 1.29 is 1.37 Å². The smallest absolute Gasteiger partial charge is 0.0267 e. The molecule has 0 aromatic rings. The van der Waals surface area contributed by atoms with E-state index >= 15 is 0 Å². The van der Waals surface area contributed by atoms with Crippen molar-refractivity contribution in [2.75, 3.05) is 8.86 Å². The van der Waals surface area contributed by atoms with Gasteiger partial charge in [0.2, 0.25) is 0 Å². The molecule has 0 heterocycles. The molecule has 1 unspecified atom stereocenters. The van der Waals surface area contributed by atoms with Crippen LogP contribution < -0.4 is 0 Å². The van der Waals surface area contributed by atoms with E-state index in [1.807, 2.05) is 0 Å². The average molecular weight is 339 g/mol. The predicted octanol–water partition coefficient (Wildman–Crippen LogP) is 3.42. The van der Waals surface area contributed by atoms with Gasteiger partial charge in [0.15, 0.2) is 0 Å². The van der Waals surface area contributed by atoms with Crippen molar-refractivity contribution >= 4 is 45.2 Å². The molecule has 0 nitrogen and oxygen atoms in total. The van der Waals surface area contributed by atoms with Gasteiger partial charge in [-0.3, -0.25) is 0 Å². The average Bonchev–Trinajstić information content (AvgIpc) is 1.85. The number of rotatable bonds is 5. The molecule has 0 fully saturated rings. The van der Waals surface area contributed by atoms with Crippen molar-refractivity contribution in [1.82, 2.24) is 0 Å². The summed E-state index contributed by atoms with van der Waals surface area (Å²) in [5.41, 5.74) is 0. The number of hydrogen-bond donors (Lipinski definition) is 0. The quantitative estimate of drug-likeness (QED) is 0.532. The van der Waals surface area contributed by atoms with E-state index in [2.05, 4.69) is 45.2 Å². The first-order chi connectivity index (χ1) is 4.31. The first kappa shape index (κ1) is 7.57. The summed E-state index contributed by atoms with van der Waals surface area (Å²) in [6.07, 6.45) is 3.57. The minimum Gasteiger partial charge on any atom is -0.0864 e. The van der Waals surface area contributed by atoms with Gasteiger partial charge in [-0.1, -0.05) is 58.0 Å². The monoisotopic (exact) mass is 339 g/mol. The standard InChI is InChI=1S/C6H12I2/c7-5-3-1-2-4-6-8/h1-6H2/i1D. The number of halogens is 2. The summed E-state index contributed by atoms with van der Waals surface area (Å²) >= 11 is 4.70. The van der Waals surface area contributed by atoms with Gasteiger partial charge in [0, 0.05) is 1.37 Å². The van der Waals surface area contributed by atoms with E-state index in [4.69, 9.17) is 1.37 Å². The molecule has 0 aliphatic rings. The van der Waals surface area contributed by atoms with Crippen molar-refractivity contribution in [1.29, 1.82) is 0 Å². The van der Waals surface area contributed by atoms with Crippen molar-refractivity contribution in [2.24, 2.45) is 0 Å². The minimum absolute atomic E-state index is 0.205. The summed E-state index contributed by atoms with van der Waals surface area (Å²) in [6, 6.07) is 0. The normalized spacial score (nSPS) is 15.5. The van der Waals surface area contributed by atoms with Crippen LogP contribution in [0.4, 0.5) is 0 Å². The first-order valence-electron chi connectivity index (χ1n) is 3.43. The van der Waals surface area contributed by atoms with E-state index in [0.29, 0.717) is 0 Å². The molecule has 0 aromatic carbocycles. The molecule has 0 aromatic heterocycles. The van der Waals surface area contributed by atoms with Crippen LogP contribution in [-0.2, 0) is 0 Å². The van der Waals surface area contributed by atoms with Crippen molar-refractivity contribution in [2.45, 2.75) is 25.7 Å². The Morgan fingerprint density at radius 1 is 1.00 bits per heavy atom. The van der Waals surface area contributed by atoms with Gasteiger partial charge in [0.25, 0.3) is 0 Å². The van der Waals surface area contributed by atoms with Crippen LogP contribution in [0.25, 0.3) is 0 Å². The fourth-order valence-electron chi connectivity index (χ4n) is 0.443. The van der Waals surface area contributed by atoms with Crippen molar-refractivity contribution in [3.05, 3.63) is 0 Å². The van der Waals surface area contributed by atoms with Crippen LogP contribution in [-0.4, -0.2) is 8.86 Å². The zero-order valence-electron chi connectivity index (χ0n) is 5.87. The van der Waals surface area contributed by atoms with Crippen LogP contribution in [0.1, 0.15) is 27.0 Å². The van der Waals surface area contributed by atoms with Gasteiger partial charge in [0.05, 0.1) is 0 Å². The second-order valence-corrected chi connectivity index (χ2v) is 3.76. The third-order valence-corrected chi connectivity index (χ3v) is 2.24. The molecule has 0 saturated carbocycles. The predicted molar refractivity (Wildman–Crippen MR) is 56.2 cm³/mol. The molecule has 0 aliphatic carbocycles. The van der Waals surface area contributed by atoms with Gasteiger partial charge in [-0.2, -0.15) is 0 Å². The molecule has 0 rings (SSSR count). The zero-order chi connectivity index (χ0) is 7.11. The van der Waals surface area contributed by atoms with E-state index in [1.165, 1.54) is 10.8 Å². The maximum Gasteiger partial charge on any atom is 0.0267 e. The van der Waals surface area contributed by atoms with Crippen molar-refractivity contribution in [3.63, 3.8) is 0 Å². The highest BCUT2D eigenvalue weighted by molar-refractivity contribution is 14.1. The molecular weight excluding hydrogens is 326 g/mol. The SMILES string of the molecule is [2H]C(CCI)CCCI. The Labute approximate surface area is 80.5 Å².